The van der Waals surface area contributed by atoms with Gasteiger partial charge < -0.3 is 14.4 Å². The van der Waals surface area contributed by atoms with E-state index in [1.54, 1.807) is 36.0 Å². The van der Waals surface area contributed by atoms with E-state index in [0.717, 1.165) is 11.3 Å². The van der Waals surface area contributed by atoms with Crippen molar-refractivity contribution in [2.24, 2.45) is 7.05 Å². The number of piperazine rings is 1. The molecule has 1 fully saturated rings. The first-order valence-electron chi connectivity index (χ1n) is 11.0. The van der Waals surface area contributed by atoms with Crippen LogP contribution in [0.1, 0.15) is 31.1 Å². The Balaban J connectivity index is 1.38. The molecule has 0 amide bonds. The molecule has 2 aliphatic rings. The van der Waals surface area contributed by atoms with Gasteiger partial charge in [-0.2, -0.15) is 5.26 Å². The summed E-state index contributed by atoms with van der Waals surface area (Å²) >= 11 is 0. The summed E-state index contributed by atoms with van der Waals surface area (Å²) in [5.41, 5.74) is 2.67. The molecule has 0 aliphatic carbocycles. The lowest BCUT2D eigenvalue weighted by Crippen LogP contribution is -2.53. The van der Waals surface area contributed by atoms with Crippen LogP contribution in [-0.2, 0) is 13.5 Å². The van der Waals surface area contributed by atoms with E-state index >= 15 is 0 Å². The van der Waals surface area contributed by atoms with Gasteiger partial charge in [0.1, 0.15) is 0 Å². The molecule has 0 bridgehead atoms. The van der Waals surface area contributed by atoms with Crippen LogP contribution in [0.4, 0.5) is 14.5 Å². The van der Waals surface area contributed by atoms with Crippen LogP contribution in [0.15, 0.2) is 35.3 Å². The zero-order valence-electron chi connectivity index (χ0n) is 19.0. The van der Waals surface area contributed by atoms with Crippen molar-refractivity contribution >= 4 is 11.3 Å². The molecule has 9 nitrogen and oxygen atoms in total. The summed E-state index contributed by atoms with van der Waals surface area (Å²) in [7, 11) is 1.67. The standard InChI is InChI=1S/C23H24F2N6O3/c1-14-12-29(15(2)16-4-5-19-20(10-16)34-23(24,25)33-19)8-9-30(14)18-11-21(32)28(3)31-13-17(6-7-26)27-22(18)31/h4-5,10-11,13-15H,6,8-9,12H2,1-3H3. The lowest BCUT2D eigenvalue weighted by atomic mass is 10.0. The Morgan fingerprint density at radius 2 is 2.03 bits per heavy atom. The Kier molecular flexibility index (Phi) is 5.20. The van der Waals surface area contributed by atoms with Crippen molar-refractivity contribution in [3.05, 3.63) is 52.1 Å². The van der Waals surface area contributed by atoms with Gasteiger partial charge in [0.05, 0.1) is 30.1 Å². The van der Waals surface area contributed by atoms with Crippen molar-refractivity contribution in [1.82, 2.24) is 19.1 Å². The summed E-state index contributed by atoms with van der Waals surface area (Å²) in [6.45, 7) is 6.14. The smallest absolute Gasteiger partial charge is 0.395 e. The molecule has 178 valence electrons. The number of hydrogen-bond acceptors (Lipinski definition) is 7. The van der Waals surface area contributed by atoms with Crippen LogP contribution in [0.3, 0.4) is 0 Å². The predicted molar refractivity (Wildman–Crippen MR) is 119 cm³/mol. The van der Waals surface area contributed by atoms with Crippen molar-refractivity contribution in [2.45, 2.75) is 38.6 Å². The molecule has 2 atom stereocenters. The summed E-state index contributed by atoms with van der Waals surface area (Å²) in [4.78, 5) is 21.6. The Morgan fingerprint density at radius 3 is 2.76 bits per heavy atom. The molecule has 5 rings (SSSR count). The van der Waals surface area contributed by atoms with E-state index in [9.17, 15) is 13.6 Å². The average molecular weight is 470 g/mol. The molecule has 2 unspecified atom stereocenters. The van der Waals surface area contributed by atoms with Crippen molar-refractivity contribution in [2.75, 3.05) is 24.5 Å². The van der Waals surface area contributed by atoms with Crippen molar-refractivity contribution in [3.8, 4) is 17.6 Å². The van der Waals surface area contributed by atoms with E-state index in [0.29, 0.717) is 31.0 Å². The zero-order chi connectivity index (χ0) is 24.2. The minimum Gasteiger partial charge on any atom is -0.395 e. The van der Waals surface area contributed by atoms with E-state index in [1.165, 1.54) is 10.7 Å². The Bertz CT molecular complexity index is 1360. The Hall–Kier alpha value is -3.65. The number of rotatable bonds is 4. The summed E-state index contributed by atoms with van der Waals surface area (Å²) in [6, 6.07) is 8.59. The number of alkyl halides is 2. The highest BCUT2D eigenvalue weighted by Gasteiger charge is 2.43. The van der Waals surface area contributed by atoms with Gasteiger partial charge in [0.25, 0.3) is 5.56 Å². The molecule has 0 radical (unpaired) electrons. The molecule has 4 heterocycles. The molecule has 11 heteroatoms. The number of ether oxygens (including phenoxy) is 2. The number of nitriles is 1. The summed E-state index contributed by atoms with van der Waals surface area (Å²) < 4.78 is 39.0. The second kappa shape index (κ2) is 7.99. The fourth-order valence-corrected chi connectivity index (χ4v) is 4.71. The summed E-state index contributed by atoms with van der Waals surface area (Å²) in [5, 5.41) is 9.05. The molecule has 2 aromatic heterocycles. The quantitative estimate of drug-likeness (QED) is 0.579. The highest BCUT2D eigenvalue weighted by Crippen LogP contribution is 2.42. The van der Waals surface area contributed by atoms with Gasteiger partial charge in [-0.1, -0.05) is 6.07 Å². The van der Waals surface area contributed by atoms with E-state index in [1.807, 2.05) is 6.92 Å². The predicted octanol–water partition coefficient (Wildman–Crippen LogP) is 2.69. The van der Waals surface area contributed by atoms with Gasteiger partial charge in [-0.15, -0.1) is 8.78 Å². The molecule has 0 N–H and O–H groups in total. The summed E-state index contributed by atoms with van der Waals surface area (Å²) in [5.74, 6) is 0.0697. The number of benzene rings is 1. The number of fused-ring (bicyclic) bond motifs is 2. The topological polar surface area (TPSA) is 88.0 Å². The zero-order valence-corrected chi connectivity index (χ0v) is 19.0. The first-order chi connectivity index (χ1) is 16.2. The monoisotopic (exact) mass is 470 g/mol. The molecule has 1 saturated heterocycles. The first kappa shape index (κ1) is 22.2. The van der Waals surface area contributed by atoms with Crippen LogP contribution in [-0.4, -0.2) is 51.1 Å². The Labute approximate surface area is 194 Å². The second-order valence-corrected chi connectivity index (χ2v) is 8.71. The maximum atomic E-state index is 13.4. The lowest BCUT2D eigenvalue weighted by molar-refractivity contribution is -0.286. The van der Waals surface area contributed by atoms with Gasteiger partial charge in [-0.25, -0.2) is 14.2 Å². The number of aryl methyl sites for hydroxylation is 1. The number of aromatic nitrogens is 3. The van der Waals surface area contributed by atoms with Crippen LogP contribution in [0, 0.1) is 11.3 Å². The van der Waals surface area contributed by atoms with Gasteiger partial charge in [0.2, 0.25) is 0 Å². The second-order valence-electron chi connectivity index (χ2n) is 8.71. The normalized spacial score (nSPS) is 20.5. The fraction of sp³-hybridized carbons (Fsp3) is 0.435. The fourth-order valence-electron chi connectivity index (χ4n) is 4.71. The number of hydrogen-bond donors (Lipinski definition) is 0. The first-order valence-corrected chi connectivity index (χ1v) is 11.0. The number of anilines is 1. The van der Waals surface area contributed by atoms with Gasteiger partial charge in [-0.3, -0.25) is 9.69 Å². The lowest BCUT2D eigenvalue weighted by Gasteiger charge is -2.43. The molecule has 2 aliphatic heterocycles. The van der Waals surface area contributed by atoms with Crippen molar-refractivity contribution in [1.29, 1.82) is 5.26 Å². The van der Waals surface area contributed by atoms with E-state index in [-0.39, 0.29) is 35.6 Å². The van der Waals surface area contributed by atoms with E-state index < -0.39 is 6.29 Å². The number of halogens is 2. The van der Waals surface area contributed by atoms with Gasteiger partial charge in [0.15, 0.2) is 17.1 Å². The molecular formula is C23H24F2N6O3. The highest BCUT2D eigenvalue weighted by atomic mass is 19.3. The number of imidazole rings is 1. The maximum absolute atomic E-state index is 13.4. The third kappa shape index (κ3) is 3.74. The largest absolute Gasteiger partial charge is 0.586 e. The molecule has 1 aromatic carbocycles. The third-order valence-electron chi connectivity index (χ3n) is 6.55. The average Bonchev–Trinajstić information content (AvgIpc) is 3.35. The summed E-state index contributed by atoms with van der Waals surface area (Å²) in [6.07, 6.45) is -1.75. The maximum Gasteiger partial charge on any atom is 0.586 e. The SMILES string of the molecule is CC(c1ccc2c(c1)OC(F)(F)O2)N1CCN(c2cc(=O)n(C)n3cc(CC#N)nc23)C(C)C1. The van der Waals surface area contributed by atoms with Crippen molar-refractivity contribution in [3.63, 3.8) is 0 Å². The third-order valence-corrected chi connectivity index (χ3v) is 6.55. The van der Waals surface area contributed by atoms with Gasteiger partial charge >= 0.3 is 6.29 Å². The molecular weight excluding hydrogens is 446 g/mol. The minimum absolute atomic E-state index is 0.0317. The van der Waals surface area contributed by atoms with Crippen LogP contribution in [0.5, 0.6) is 11.5 Å². The highest BCUT2D eigenvalue weighted by molar-refractivity contribution is 5.69. The van der Waals surface area contributed by atoms with E-state index in [4.69, 9.17) is 5.26 Å². The minimum atomic E-state index is -3.64. The molecule has 0 saturated carbocycles. The van der Waals surface area contributed by atoms with Crippen LogP contribution < -0.4 is 19.9 Å². The van der Waals surface area contributed by atoms with Gasteiger partial charge in [-0.05, 0) is 31.5 Å². The van der Waals surface area contributed by atoms with Gasteiger partial charge in [0, 0.05) is 44.8 Å². The van der Waals surface area contributed by atoms with Crippen LogP contribution in [0.2, 0.25) is 0 Å². The van der Waals surface area contributed by atoms with Crippen LogP contribution >= 0.6 is 0 Å². The van der Waals surface area contributed by atoms with E-state index in [2.05, 4.69) is 37.3 Å². The Morgan fingerprint density at radius 1 is 1.26 bits per heavy atom. The number of nitrogens with zero attached hydrogens (tertiary/aromatic N) is 6. The molecule has 34 heavy (non-hydrogen) atoms. The van der Waals surface area contributed by atoms with Crippen molar-refractivity contribution < 1.29 is 18.3 Å². The van der Waals surface area contributed by atoms with Crippen LogP contribution in [0.25, 0.3) is 5.65 Å². The molecule has 0 spiro atoms. The molecule has 3 aromatic rings.